The summed E-state index contributed by atoms with van der Waals surface area (Å²) >= 11 is 0. The van der Waals surface area contributed by atoms with Gasteiger partial charge < -0.3 is 5.32 Å². The van der Waals surface area contributed by atoms with E-state index in [0.29, 0.717) is 0 Å². The molecule has 1 saturated carbocycles. The number of nitrogens with zero attached hydrogens (tertiary/aromatic N) is 1. The molecule has 15 heavy (non-hydrogen) atoms. The molecule has 0 amide bonds. The van der Waals surface area contributed by atoms with Gasteiger partial charge in [-0.25, -0.2) is 0 Å². The fourth-order valence-corrected chi connectivity index (χ4v) is 3.45. The van der Waals surface area contributed by atoms with Gasteiger partial charge in [0.2, 0.25) is 0 Å². The lowest BCUT2D eigenvalue weighted by Gasteiger charge is -2.43. The molecule has 2 fully saturated rings. The summed E-state index contributed by atoms with van der Waals surface area (Å²) in [4.78, 5) is 2.70. The number of rotatable bonds is 3. The van der Waals surface area contributed by atoms with Crippen LogP contribution in [0.4, 0.5) is 0 Å². The molecule has 1 saturated heterocycles. The normalized spacial score (nSPS) is 34.8. The fourth-order valence-electron chi connectivity index (χ4n) is 3.45. The average Bonchev–Trinajstić information content (AvgIpc) is 2.29. The van der Waals surface area contributed by atoms with Crippen molar-refractivity contribution < 1.29 is 0 Å². The lowest BCUT2D eigenvalue weighted by atomic mass is 9.75. The van der Waals surface area contributed by atoms with Gasteiger partial charge in [-0.3, -0.25) is 4.90 Å². The van der Waals surface area contributed by atoms with Gasteiger partial charge in [0.05, 0.1) is 0 Å². The number of likely N-dealkylation sites (tertiary alicyclic amines) is 1. The second-order valence-electron chi connectivity index (χ2n) is 5.49. The maximum atomic E-state index is 3.30. The smallest absolute Gasteiger partial charge is 0.0192 e. The van der Waals surface area contributed by atoms with Crippen LogP contribution < -0.4 is 5.32 Å². The van der Waals surface area contributed by atoms with E-state index >= 15 is 0 Å². The first-order valence-electron chi connectivity index (χ1n) is 6.70. The van der Waals surface area contributed by atoms with E-state index in [1.807, 2.05) is 0 Å². The first-order valence-corrected chi connectivity index (χ1v) is 6.70. The summed E-state index contributed by atoms with van der Waals surface area (Å²) in [5, 5.41) is 3.30. The van der Waals surface area contributed by atoms with E-state index in [-0.39, 0.29) is 0 Å². The standard InChI is InChI=1S/C13H26N2/c1-11(9-14-2)15-8-7-12-5-3-4-6-13(12)10-15/h11-14H,3-10H2,1-2H3. The molecule has 3 unspecified atom stereocenters. The Hall–Kier alpha value is -0.0800. The van der Waals surface area contributed by atoms with Crippen LogP contribution in [0, 0.1) is 11.8 Å². The highest BCUT2D eigenvalue weighted by Gasteiger charge is 2.32. The molecule has 1 aliphatic heterocycles. The molecule has 0 bridgehead atoms. The second-order valence-corrected chi connectivity index (χ2v) is 5.49. The summed E-state index contributed by atoms with van der Waals surface area (Å²) in [5.74, 6) is 2.09. The zero-order valence-electron chi connectivity index (χ0n) is 10.3. The van der Waals surface area contributed by atoms with Gasteiger partial charge in [0.1, 0.15) is 0 Å². The first-order chi connectivity index (χ1) is 7.31. The predicted octanol–water partition coefficient (Wildman–Crippen LogP) is 2.11. The van der Waals surface area contributed by atoms with Crippen molar-refractivity contribution in [1.82, 2.24) is 10.2 Å². The van der Waals surface area contributed by atoms with Crippen LogP contribution in [-0.4, -0.2) is 37.6 Å². The van der Waals surface area contributed by atoms with Crippen molar-refractivity contribution in [3.63, 3.8) is 0 Å². The summed E-state index contributed by atoms with van der Waals surface area (Å²) in [7, 11) is 2.06. The Balaban J connectivity index is 1.85. The van der Waals surface area contributed by atoms with Crippen LogP contribution in [0.1, 0.15) is 39.0 Å². The van der Waals surface area contributed by atoms with Crippen molar-refractivity contribution in [1.29, 1.82) is 0 Å². The number of fused-ring (bicyclic) bond motifs is 1. The summed E-state index contributed by atoms with van der Waals surface area (Å²) in [6.45, 7) is 6.20. The SMILES string of the molecule is CNCC(C)N1CCC2CCCCC2C1. The maximum absolute atomic E-state index is 3.30. The molecule has 3 atom stereocenters. The zero-order valence-corrected chi connectivity index (χ0v) is 10.3. The van der Waals surface area contributed by atoms with Crippen molar-refractivity contribution in [2.45, 2.75) is 45.1 Å². The molecular weight excluding hydrogens is 184 g/mol. The molecule has 0 aromatic carbocycles. The van der Waals surface area contributed by atoms with Crippen LogP contribution >= 0.6 is 0 Å². The fraction of sp³-hybridized carbons (Fsp3) is 1.00. The molecular formula is C13H26N2. The van der Waals surface area contributed by atoms with Gasteiger partial charge in [-0.15, -0.1) is 0 Å². The van der Waals surface area contributed by atoms with Crippen LogP contribution in [0.25, 0.3) is 0 Å². The van der Waals surface area contributed by atoms with Gasteiger partial charge in [-0.2, -0.15) is 0 Å². The lowest BCUT2D eigenvalue weighted by Crippen LogP contribution is -2.48. The maximum Gasteiger partial charge on any atom is 0.0192 e. The van der Waals surface area contributed by atoms with Crippen LogP contribution in [0.3, 0.4) is 0 Å². The summed E-state index contributed by atoms with van der Waals surface area (Å²) in [5.41, 5.74) is 0. The third kappa shape index (κ3) is 2.73. The van der Waals surface area contributed by atoms with E-state index in [4.69, 9.17) is 0 Å². The second kappa shape index (κ2) is 5.31. The van der Waals surface area contributed by atoms with Gasteiger partial charge >= 0.3 is 0 Å². The van der Waals surface area contributed by atoms with E-state index in [0.717, 1.165) is 24.4 Å². The van der Waals surface area contributed by atoms with Crippen molar-refractivity contribution >= 4 is 0 Å². The molecule has 1 heterocycles. The molecule has 2 rings (SSSR count). The minimum absolute atomic E-state index is 0.720. The van der Waals surface area contributed by atoms with Gasteiger partial charge in [0, 0.05) is 19.1 Å². The Bertz CT molecular complexity index is 193. The number of nitrogens with one attached hydrogen (secondary N) is 1. The third-order valence-electron chi connectivity index (χ3n) is 4.45. The molecule has 88 valence electrons. The zero-order chi connectivity index (χ0) is 10.7. The molecule has 1 N–H and O–H groups in total. The molecule has 2 aliphatic rings. The van der Waals surface area contributed by atoms with E-state index in [2.05, 4.69) is 24.2 Å². The molecule has 0 aromatic rings. The predicted molar refractivity (Wildman–Crippen MR) is 65.0 cm³/mol. The van der Waals surface area contributed by atoms with Crippen LogP contribution in [0.15, 0.2) is 0 Å². The van der Waals surface area contributed by atoms with E-state index in [9.17, 15) is 0 Å². The van der Waals surface area contributed by atoms with Crippen LogP contribution in [0.5, 0.6) is 0 Å². The number of piperidine rings is 1. The van der Waals surface area contributed by atoms with Crippen molar-refractivity contribution in [2.75, 3.05) is 26.7 Å². The highest BCUT2D eigenvalue weighted by molar-refractivity contribution is 4.85. The lowest BCUT2D eigenvalue weighted by molar-refractivity contribution is 0.0623. The Kier molecular flexibility index (Phi) is 4.04. The molecule has 1 aliphatic carbocycles. The Morgan fingerprint density at radius 2 is 1.93 bits per heavy atom. The highest BCUT2D eigenvalue weighted by atomic mass is 15.2. The van der Waals surface area contributed by atoms with E-state index in [1.165, 1.54) is 45.2 Å². The summed E-state index contributed by atoms with van der Waals surface area (Å²) in [6, 6.07) is 0.720. The quantitative estimate of drug-likeness (QED) is 0.767. The number of hydrogen-bond acceptors (Lipinski definition) is 2. The molecule has 2 nitrogen and oxygen atoms in total. The largest absolute Gasteiger partial charge is 0.318 e. The minimum Gasteiger partial charge on any atom is -0.318 e. The van der Waals surface area contributed by atoms with Gasteiger partial charge in [-0.05, 0) is 45.2 Å². The molecule has 2 heteroatoms. The van der Waals surface area contributed by atoms with Crippen molar-refractivity contribution in [2.24, 2.45) is 11.8 Å². The molecule has 0 aromatic heterocycles. The Labute approximate surface area is 94.4 Å². The van der Waals surface area contributed by atoms with Gasteiger partial charge in [0.25, 0.3) is 0 Å². The van der Waals surface area contributed by atoms with Crippen molar-refractivity contribution in [3.8, 4) is 0 Å². The Morgan fingerprint density at radius 3 is 2.67 bits per heavy atom. The molecule has 0 radical (unpaired) electrons. The highest BCUT2D eigenvalue weighted by Crippen LogP contribution is 2.36. The van der Waals surface area contributed by atoms with E-state index in [1.54, 1.807) is 0 Å². The number of hydrogen-bond donors (Lipinski definition) is 1. The Morgan fingerprint density at radius 1 is 1.20 bits per heavy atom. The summed E-state index contributed by atoms with van der Waals surface area (Å²) < 4.78 is 0. The molecule has 0 spiro atoms. The first kappa shape index (κ1) is 11.4. The van der Waals surface area contributed by atoms with Crippen LogP contribution in [0.2, 0.25) is 0 Å². The number of likely N-dealkylation sites (N-methyl/N-ethyl adjacent to an activating group) is 1. The summed E-state index contributed by atoms with van der Waals surface area (Å²) in [6.07, 6.45) is 7.44. The topological polar surface area (TPSA) is 15.3 Å². The monoisotopic (exact) mass is 210 g/mol. The third-order valence-corrected chi connectivity index (χ3v) is 4.45. The minimum atomic E-state index is 0.720. The van der Waals surface area contributed by atoms with Crippen molar-refractivity contribution in [3.05, 3.63) is 0 Å². The van der Waals surface area contributed by atoms with Gasteiger partial charge in [-0.1, -0.05) is 19.3 Å². The van der Waals surface area contributed by atoms with Gasteiger partial charge in [0.15, 0.2) is 0 Å². The van der Waals surface area contributed by atoms with E-state index < -0.39 is 0 Å². The van der Waals surface area contributed by atoms with Crippen LogP contribution in [-0.2, 0) is 0 Å². The average molecular weight is 210 g/mol.